The topological polar surface area (TPSA) is 91.9 Å². The van der Waals surface area contributed by atoms with Crippen molar-refractivity contribution in [3.05, 3.63) is 87.8 Å². The number of aliphatic hydroxyl groups excluding tert-OH is 1. The summed E-state index contributed by atoms with van der Waals surface area (Å²) >= 11 is 1.43. The van der Waals surface area contributed by atoms with E-state index in [0.717, 1.165) is 21.3 Å². The highest BCUT2D eigenvalue weighted by molar-refractivity contribution is 7.10. The van der Waals surface area contributed by atoms with E-state index in [1.165, 1.54) is 16.2 Å². The zero-order chi connectivity index (χ0) is 23.8. The van der Waals surface area contributed by atoms with Crippen molar-refractivity contribution in [1.82, 2.24) is 9.88 Å². The number of benzene rings is 2. The predicted octanol–water partition coefficient (Wildman–Crippen LogP) is 4.87. The molecule has 1 saturated heterocycles. The van der Waals surface area contributed by atoms with Crippen molar-refractivity contribution in [3.8, 4) is 11.5 Å². The number of hydrogen-bond donors (Lipinski definition) is 2. The molecule has 0 bridgehead atoms. The van der Waals surface area contributed by atoms with E-state index in [2.05, 4.69) is 4.98 Å². The van der Waals surface area contributed by atoms with Gasteiger partial charge in [-0.1, -0.05) is 30.3 Å². The number of Topliss-reactive ketones (excluding diaryl/α,β-unsaturated/α-hetero) is 1. The third kappa shape index (κ3) is 3.52. The molecule has 1 fully saturated rings. The van der Waals surface area contributed by atoms with Gasteiger partial charge in [0.05, 0.1) is 25.8 Å². The largest absolute Gasteiger partial charge is 0.507 e. The van der Waals surface area contributed by atoms with Crippen molar-refractivity contribution in [2.24, 2.45) is 0 Å². The Morgan fingerprint density at radius 3 is 2.59 bits per heavy atom. The molecule has 0 radical (unpaired) electrons. The molecule has 5 rings (SSSR count). The smallest absolute Gasteiger partial charge is 0.295 e. The van der Waals surface area contributed by atoms with Gasteiger partial charge in [0.2, 0.25) is 0 Å². The zero-order valence-electron chi connectivity index (χ0n) is 18.6. The van der Waals surface area contributed by atoms with Gasteiger partial charge in [0.15, 0.2) is 11.5 Å². The average Bonchev–Trinajstić information content (AvgIpc) is 3.59. The molecule has 1 aliphatic rings. The highest BCUT2D eigenvalue weighted by atomic mass is 32.1. The van der Waals surface area contributed by atoms with Gasteiger partial charge in [-0.3, -0.25) is 9.59 Å². The number of thiophene rings is 1. The van der Waals surface area contributed by atoms with Crippen LogP contribution in [0.15, 0.2) is 71.7 Å². The lowest BCUT2D eigenvalue weighted by atomic mass is 9.99. The van der Waals surface area contributed by atoms with Crippen LogP contribution in [-0.2, 0) is 16.1 Å². The fourth-order valence-electron chi connectivity index (χ4n) is 4.37. The standard InChI is InChI=1S/C26H22N2O5S/c1-32-19-10-9-15(12-20(19)33-2)14-28-23(21-8-5-11-34-21)22(25(30)26(28)31)24(29)17-13-27-18-7-4-3-6-16(17)18/h3-13,23,27,29H,14H2,1-2H3/b24-22-. The zero-order valence-corrected chi connectivity index (χ0v) is 19.4. The monoisotopic (exact) mass is 474 g/mol. The first-order chi connectivity index (χ1) is 16.5. The van der Waals surface area contributed by atoms with Crippen LogP contribution in [0.25, 0.3) is 16.7 Å². The van der Waals surface area contributed by atoms with E-state index in [1.54, 1.807) is 32.5 Å². The number of likely N-dealkylation sites (tertiary alicyclic amines) is 1. The maximum absolute atomic E-state index is 13.2. The number of hydrogen-bond acceptors (Lipinski definition) is 6. The number of amides is 1. The number of nitrogens with zero attached hydrogens (tertiary/aromatic N) is 1. The number of aromatic amines is 1. The van der Waals surface area contributed by atoms with E-state index in [-0.39, 0.29) is 17.9 Å². The van der Waals surface area contributed by atoms with Crippen LogP contribution in [0.4, 0.5) is 0 Å². The first kappa shape index (κ1) is 21.8. The van der Waals surface area contributed by atoms with Crippen LogP contribution in [-0.4, -0.2) is 40.9 Å². The van der Waals surface area contributed by atoms with E-state index < -0.39 is 17.7 Å². The Morgan fingerprint density at radius 1 is 1.06 bits per heavy atom. The van der Waals surface area contributed by atoms with Gasteiger partial charge in [0.1, 0.15) is 5.76 Å². The number of methoxy groups -OCH3 is 2. The minimum absolute atomic E-state index is 0.0812. The molecule has 7 nitrogen and oxygen atoms in total. The van der Waals surface area contributed by atoms with Gasteiger partial charge in [-0.15, -0.1) is 11.3 Å². The van der Waals surface area contributed by atoms with Crippen LogP contribution in [0, 0.1) is 0 Å². The molecule has 1 unspecified atom stereocenters. The van der Waals surface area contributed by atoms with Crippen molar-refractivity contribution in [2.45, 2.75) is 12.6 Å². The number of carbonyl (C=O) groups is 2. The third-order valence-corrected chi connectivity index (χ3v) is 6.92. The van der Waals surface area contributed by atoms with Gasteiger partial charge in [-0.2, -0.15) is 0 Å². The molecule has 0 saturated carbocycles. The maximum Gasteiger partial charge on any atom is 0.295 e. The molecular formula is C26H22N2O5S. The lowest BCUT2D eigenvalue weighted by molar-refractivity contribution is -0.140. The molecule has 2 aromatic carbocycles. The van der Waals surface area contributed by atoms with Gasteiger partial charge in [-0.25, -0.2) is 0 Å². The fourth-order valence-corrected chi connectivity index (χ4v) is 5.22. The molecule has 1 amide bonds. The minimum Gasteiger partial charge on any atom is -0.507 e. The molecule has 172 valence electrons. The van der Waals surface area contributed by atoms with Crippen LogP contribution in [0.1, 0.15) is 22.0 Å². The molecule has 2 N–H and O–H groups in total. The van der Waals surface area contributed by atoms with Gasteiger partial charge in [0, 0.05) is 34.1 Å². The quantitative estimate of drug-likeness (QED) is 0.236. The molecule has 4 aromatic rings. The van der Waals surface area contributed by atoms with Gasteiger partial charge < -0.3 is 24.5 Å². The van der Waals surface area contributed by atoms with Crippen molar-refractivity contribution in [2.75, 3.05) is 14.2 Å². The van der Waals surface area contributed by atoms with Crippen LogP contribution in [0.3, 0.4) is 0 Å². The molecule has 34 heavy (non-hydrogen) atoms. The second-order valence-electron chi connectivity index (χ2n) is 7.88. The first-order valence-electron chi connectivity index (χ1n) is 10.6. The van der Waals surface area contributed by atoms with Crippen LogP contribution in [0.2, 0.25) is 0 Å². The molecule has 0 spiro atoms. The van der Waals surface area contributed by atoms with Crippen LogP contribution >= 0.6 is 11.3 Å². The van der Waals surface area contributed by atoms with Crippen molar-refractivity contribution >= 4 is 39.7 Å². The number of aliphatic hydroxyl groups is 1. The van der Waals surface area contributed by atoms with E-state index in [4.69, 9.17) is 9.47 Å². The summed E-state index contributed by atoms with van der Waals surface area (Å²) in [4.78, 5) is 31.9. The van der Waals surface area contributed by atoms with Crippen molar-refractivity contribution in [1.29, 1.82) is 0 Å². The number of ketones is 1. The number of nitrogens with one attached hydrogen (secondary N) is 1. The molecule has 8 heteroatoms. The summed E-state index contributed by atoms with van der Waals surface area (Å²) in [5.74, 6) is -0.453. The predicted molar refractivity (Wildman–Crippen MR) is 130 cm³/mol. The average molecular weight is 475 g/mol. The molecule has 1 atom stereocenters. The van der Waals surface area contributed by atoms with E-state index in [0.29, 0.717) is 17.1 Å². The maximum atomic E-state index is 13.2. The Morgan fingerprint density at radius 2 is 1.85 bits per heavy atom. The molecule has 0 aliphatic carbocycles. The van der Waals surface area contributed by atoms with E-state index >= 15 is 0 Å². The summed E-state index contributed by atoms with van der Waals surface area (Å²) in [6.07, 6.45) is 1.66. The lowest BCUT2D eigenvalue weighted by Gasteiger charge is -2.24. The Labute approximate surface area is 199 Å². The van der Waals surface area contributed by atoms with E-state index in [9.17, 15) is 14.7 Å². The summed E-state index contributed by atoms with van der Waals surface area (Å²) in [5.41, 5.74) is 2.17. The number of rotatable bonds is 6. The normalized spacial score (nSPS) is 17.5. The highest BCUT2D eigenvalue weighted by Gasteiger charge is 2.46. The van der Waals surface area contributed by atoms with Crippen molar-refractivity contribution in [3.63, 3.8) is 0 Å². The Balaban J connectivity index is 1.62. The van der Waals surface area contributed by atoms with Gasteiger partial charge >= 0.3 is 0 Å². The number of carbonyl (C=O) groups excluding carboxylic acids is 2. The highest BCUT2D eigenvalue weighted by Crippen LogP contribution is 2.43. The molecule has 2 aromatic heterocycles. The summed E-state index contributed by atoms with van der Waals surface area (Å²) in [7, 11) is 3.10. The number of H-pyrrole nitrogens is 1. The molecular weight excluding hydrogens is 452 g/mol. The Kier molecular flexibility index (Phi) is 5.59. The summed E-state index contributed by atoms with van der Waals surface area (Å²) < 4.78 is 10.7. The first-order valence-corrected chi connectivity index (χ1v) is 11.5. The van der Waals surface area contributed by atoms with E-state index in [1.807, 2.05) is 47.8 Å². The summed E-state index contributed by atoms with van der Waals surface area (Å²) in [6.45, 7) is 0.165. The number of fused-ring (bicyclic) bond motifs is 1. The van der Waals surface area contributed by atoms with Crippen LogP contribution in [0.5, 0.6) is 11.5 Å². The van der Waals surface area contributed by atoms with Gasteiger partial charge in [0.25, 0.3) is 11.7 Å². The second-order valence-corrected chi connectivity index (χ2v) is 8.86. The number of aromatic nitrogens is 1. The third-order valence-electron chi connectivity index (χ3n) is 6.00. The minimum atomic E-state index is -0.707. The lowest BCUT2D eigenvalue weighted by Crippen LogP contribution is -2.28. The SMILES string of the molecule is COc1ccc(CN2C(=O)C(=O)/C(=C(\O)c3c[nH]c4ccccc34)C2c2cccs2)cc1OC. The van der Waals surface area contributed by atoms with Gasteiger partial charge in [-0.05, 0) is 35.2 Å². The van der Waals surface area contributed by atoms with Crippen LogP contribution < -0.4 is 9.47 Å². The van der Waals surface area contributed by atoms with Crippen molar-refractivity contribution < 1.29 is 24.2 Å². The Hall–Kier alpha value is -4.04. The second kappa shape index (κ2) is 8.72. The Bertz CT molecular complexity index is 1420. The fraction of sp³-hybridized carbons (Fsp3) is 0.154. The molecule has 3 heterocycles. The summed E-state index contributed by atoms with van der Waals surface area (Å²) in [6, 6.07) is 15.9. The molecule has 1 aliphatic heterocycles. The number of ether oxygens (including phenoxy) is 2. The number of para-hydroxylation sites is 1. The summed E-state index contributed by atoms with van der Waals surface area (Å²) in [5, 5.41) is 14.0.